The van der Waals surface area contributed by atoms with E-state index in [4.69, 9.17) is 9.47 Å². The van der Waals surface area contributed by atoms with Gasteiger partial charge in [0, 0.05) is 30.1 Å². The molecule has 3 aliphatic rings. The molecule has 4 unspecified atom stereocenters. The lowest BCUT2D eigenvalue weighted by molar-refractivity contribution is -0.00909. The van der Waals surface area contributed by atoms with Crippen LogP contribution in [0, 0.1) is 17.8 Å². The Morgan fingerprint density at radius 1 is 1.16 bits per heavy atom. The van der Waals surface area contributed by atoms with Crippen LogP contribution in [0.2, 0.25) is 0 Å². The van der Waals surface area contributed by atoms with Gasteiger partial charge in [0.2, 0.25) is 0 Å². The predicted molar refractivity (Wildman–Crippen MR) is 127 cm³/mol. The van der Waals surface area contributed by atoms with Gasteiger partial charge in [0.15, 0.2) is 0 Å². The van der Waals surface area contributed by atoms with Crippen LogP contribution < -0.4 is 10.1 Å². The monoisotopic (exact) mass is 436 g/mol. The summed E-state index contributed by atoms with van der Waals surface area (Å²) in [4.78, 5) is 15.3. The third-order valence-corrected chi connectivity index (χ3v) is 7.83. The van der Waals surface area contributed by atoms with Crippen molar-refractivity contribution in [3.05, 3.63) is 42.0 Å². The van der Waals surface area contributed by atoms with Gasteiger partial charge < -0.3 is 14.8 Å². The smallest absolute Gasteiger partial charge is 0.251 e. The molecule has 1 saturated heterocycles. The van der Waals surface area contributed by atoms with Crippen LogP contribution in [0.5, 0.6) is 5.75 Å². The van der Waals surface area contributed by atoms with Gasteiger partial charge in [-0.25, -0.2) is 0 Å². The zero-order valence-electron chi connectivity index (χ0n) is 19.5. The fourth-order valence-corrected chi connectivity index (χ4v) is 6.13. The molecular formula is C27H36N2O3. The third-order valence-electron chi connectivity index (χ3n) is 7.83. The molecule has 0 aromatic heterocycles. The third kappa shape index (κ3) is 4.25. The molecule has 0 spiro atoms. The summed E-state index contributed by atoms with van der Waals surface area (Å²) in [6, 6.07) is 12.3. The average molecular weight is 437 g/mol. The summed E-state index contributed by atoms with van der Waals surface area (Å²) in [5, 5.41) is 5.08. The maximum atomic E-state index is 12.9. The molecule has 0 radical (unpaired) electrons. The summed E-state index contributed by atoms with van der Waals surface area (Å²) in [5.41, 5.74) is 0.723. The van der Waals surface area contributed by atoms with Crippen molar-refractivity contribution >= 4 is 16.7 Å². The van der Waals surface area contributed by atoms with Crippen LogP contribution in [0.4, 0.5) is 0 Å². The molecule has 1 aliphatic heterocycles. The van der Waals surface area contributed by atoms with E-state index in [1.54, 1.807) is 0 Å². The molecule has 4 atom stereocenters. The molecule has 1 heterocycles. The van der Waals surface area contributed by atoms with Crippen LogP contribution in [-0.4, -0.2) is 48.9 Å². The Morgan fingerprint density at radius 3 is 2.62 bits per heavy atom. The van der Waals surface area contributed by atoms with Crippen LogP contribution in [0.25, 0.3) is 10.8 Å². The lowest BCUT2D eigenvalue weighted by Gasteiger charge is -2.22. The van der Waals surface area contributed by atoms with Crippen molar-refractivity contribution in [1.29, 1.82) is 0 Å². The van der Waals surface area contributed by atoms with Crippen LogP contribution in [-0.2, 0) is 4.74 Å². The van der Waals surface area contributed by atoms with Crippen molar-refractivity contribution in [2.24, 2.45) is 17.8 Å². The lowest BCUT2D eigenvalue weighted by Crippen LogP contribution is -2.34. The highest BCUT2D eigenvalue weighted by atomic mass is 16.6. The van der Waals surface area contributed by atoms with Gasteiger partial charge in [0.1, 0.15) is 24.7 Å². The number of benzene rings is 2. The Bertz CT molecular complexity index is 965. The second-order valence-electron chi connectivity index (χ2n) is 10.1. The van der Waals surface area contributed by atoms with E-state index in [0.29, 0.717) is 12.6 Å². The number of carbonyl (C=O) groups is 1. The van der Waals surface area contributed by atoms with E-state index in [0.717, 1.165) is 59.3 Å². The largest absolute Gasteiger partial charge is 0.490 e. The van der Waals surface area contributed by atoms with Crippen LogP contribution >= 0.6 is 0 Å². The fourth-order valence-electron chi connectivity index (χ4n) is 6.13. The Hall–Kier alpha value is -2.11. The summed E-state index contributed by atoms with van der Waals surface area (Å²) in [6.45, 7) is 8.63. The minimum Gasteiger partial charge on any atom is -0.490 e. The number of rotatable bonds is 8. The summed E-state index contributed by atoms with van der Waals surface area (Å²) < 4.78 is 12.3. The van der Waals surface area contributed by atoms with E-state index >= 15 is 0 Å². The standard InChI is InChI=1S/C27H36N2O3/c1-17(2)29-15-19(32-18(29)3)16-31-26-12-11-25(22-7-4-5-8-24(22)26)27(30)28-14-13-23-20-9-6-10-21(20)23/h4-5,7-8,11-12,17-21,23H,6,9-10,13-16H2,1-3H3,(H,28,30). The first-order valence-electron chi connectivity index (χ1n) is 12.4. The Morgan fingerprint density at radius 2 is 1.91 bits per heavy atom. The van der Waals surface area contributed by atoms with Gasteiger partial charge in [0.25, 0.3) is 5.91 Å². The summed E-state index contributed by atoms with van der Waals surface area (Å²) in [5.74, 6) is 3.57. The van der Waals surface area contributed by atoms with E-state index in [1.165, 1.54) is 19.3 Å². The van der Waals surface area contributed by atoms with Crippen molar-refractivity contribution in [2.75, 3.05) is 19.7 Å². The van der Waals surface area contributed by atoms with Gasteiger partial charge in [-0.2, -0.15) is 0 Å². The van der Waals surface area contributed by atoms with Gasteiger partial charge in [-0.05, 0) is 75.3 Å². The number of nitrogens with zero attached hydrogens (tertiary/aromatic N) is 1. The van der Waals surface area contributed by atoms with Gasteiger partial charge in [-0.3, -0.25) is 9.69 Å². The Balaban J connectivity index is 1.22. The molecule has 2 aromatic carbocycles. The number of carbonyl (C=O) groups excluding carboxylic acids is 1. The normalized spacial score (nSPS) is 29.4. The van der Waals surface area contributed by atoms with Crippen molar-refractivity contribution in [1.82, 2.24) is 10.2 Å². The molecule has 5 nitrogen and oxygen atoms in total. The second-order valence-corrected chi connectivity index (χ2v) is 10.1. The molecule has 2 aromatic rings. The molecule has 32 heavy (non-hydrogen) atoms. The van der Waals surface area contributed by atoms with Gasteiger partial charge in [0.05, 0.1) is 0 Å². The highest BCUT2D eigenvalue weighted by Crippen LogP contribution is 2.58. The Labute approximate surface area is 191 Å². The average Bonchev–Trinajstić information content (AvgIpc) is 3.11. The van der Waals surface area contributed by atoms with Crippen molar-refractivity contribution in [3.8, 4) is 5.75 Å². The molecule has 2 aliphatic carbocycles. The number of amides is 1. The van der Waals surface area contributed by atoms with Crippen molar-refractivity contribution < 1.29 is 14.3 Å². The Kier molecular flexibility index (Phi) is 6.13. The zero-order valence-corrected chi connectivity index (χ0v) is 19.5. The summed E-state index contributed by atoms with van der Waals surface area (Å²) in [7, 11) is 0. The topological polar surface area (TPSA) is 50.8 Å². The van der Waals surface area contributed by atoms with Crippen molar-refractivity contribution in [2.45, 2.75) is 64.8 Å². The molecule has 172 valence electrons. The predicted octanol–water partition coefficient (Wildman–Crippen LogP) is 4.84. The van der Waals surface area contributed by atoms with Crippen molar-refractivity contribution in [3.63, 3.8) is 0 Å². The number of hydrogen-bond acceptors (Lipinski definition) is 4. The van der Waals surface area contributed by atoms with E-state index in [-0.39, 0.29) is 18.2 Å². The van der Waals surface area contributed by atoms with Gasteiger partial charge in [-0.15, -0.1) is 0 Å². The SMILES string of the molecule is CC(C)N1CC(COc2ccc(C(=O)NCCC3C4CCCC43)c3ccccc23)OC1C. The molecule has 0 bridgehead atoms. The van der Waals surface area contributed by atoms with Gasteiger partial charge >= 0.3 is 0 Å². The van der Waals surface area contributed by atoms with E-state index in [1.807, 2.05) is 36.4 Å². The first kappa shape index (κ1) is 21.7. The minimum atomic E-state index is 0.0130. The molecule has 5 heteroatoms. The van der Waals surface area contributed by atoms with E-state index in [2.05, 4.69) is 31.0 Å². The first-order chi connectivity index (χ1) is 15.5. The first-order valence-corrected chi connectivity index (χ1v) is 12.4. The quantitative estimate of drug-likeness (QED) is 0.643. The highest BCUT2D eigenvalue weighted by Gasteiger charge is 2.51. The molecule has 5 rings (SSSR count). The fraction of sp³-hybridized carbons (Fsp3) is 0.593. The summed E-state index contributed by atoms with van der Waals surface area (Å²) in [6.07, 6.45) is 5.48. The maximum Gasteiger partial charge on any atom is 0.251 e. The number of nitrogens with one attached hydrogen (secondary N) is 1. The zero-order chi connectivity index (χ0) is 22.2. The number of ether oxygens (including phenoxy) is 2. The molecule has 1 N–H and O–H groups in total. The molecule has 2 saturated carbocycles. The van der Waals surface area contributed by atoms with Crippen LogP contribution in [0.3, 0.4) is 0 Å². The second kappa shape index (κ2) is 9.03. The van der Waals surface area contributed by atoms with E-state index < -0.39 is 0 Å². The number of fused-ring (bicyclic) bond motifs is 2. The minimum absolute atomic E-state index is 0.0130. The molecular weight excluding hydrogens is 400 g/mol. The number of hydrogen-bond donors (Lipinski definition) is 1. The van der Waals surface area contributed by atoms with Crippen LogP contribution in [0.1, 0.15) is 56.8 Å². The molecule has 3 fully saturated rings. The van der Waals surface area contributed by atoms with Gasteiger partial charge in [-0.1, -0.05) is 30.7 Å². The van der Waals surface area contributed by atoms with Crippen LogP contribution in [0.15, 0.2) is 36.4 Å². The lowest BCUT2D eigenvalue weighted by atomic mass is 10.0. The summed E-state index contributed by atoms with van der Waals surface area (Å²) >= 11 is 0. The maximum absolute atomic E-state index is 12.9. The highest BCUT2D eigenvalue weighted by molar-refractivity contribution is 6.08. The van der Waals surface area contributed by atoms with E-state index in [9.17, 15) is 4.79 Å². The molecule has 1 amide bonds.